The van der Waals surface area contributed by atoms with Gasteiger partial charge in [-0.05, 0) is 37.1 Å². The van der Waals surface area contributed by atoms with E-state index in [0.717, 1.165) is 57.0 Å². The first kappa shape index (κ1) is 17.0. The highest BCUT2D eigenvalue weighted by atomic mass is 16.5. The second-order valence-corrected chi connectivity index (χ2v) is 6.41. The minimum absolute atomic E-state index is 0.0322. The largest absolute Gasteiger partial charge is 0.378 e. The number of aromatic nitrogens is 2. The van der Waals surface area contributed by atoms with E-state index in [1.807, 2.05) is 24.3 Å². The zero-order valence-electron chi connectivity index (χ0n) is 14.5. The normalized spacial score (nSPS) is 20.3. The molecule has 1 atom stereocenters. The van der Waals surface area contributed by atoms with Crippen molar-refractivity contribution in [3.8, 4) is 11.4 Å². The molecule has 2 aliphatic rings. The molecule has 138 valence electrons. The fourth-order valence-corrected chi connectivity index (χ4v) is 3.16. The molecule has 8 nitrogen and oxygen atoms in total. The van der Waals surface area contributed by atoms with Crippen LogP contribution in [0, 0.1) is 0 Å². The summed E-state index contributed by atoms with van der Waals surface area (Å²) in [6.07, 6.45) is 2.07. The Morgan fingerprint density at radius 1 is 1.19 bits per heavy atom. The molecular formula is C18H22N4O4. The van der Waals surface area contributed by atoms with Gasteiger partial charge in [-0.15, -0.1) is 0 Å². The third-order valence-electron chi connectivity index (χ3n) is 4.64. The molecule has 2 fully saturated rings. The summed E-state index contributed by atoms with van der Waals surface area (Å²) in [5, 5.41) is 6.70. The van der Waals surface area contributed by atoms with Crippen LogP contribution in [0.3, 0.4) is 0 Å². The predicted molar refractivity (Wildman–Crippen MR) is 94.1 cm³/mol. The molecule has 0 aliphatic carbocycles. The van der Waals surface area contributed by atoms with Crippen molar-refractivity contribution >= 4 is 11.6 Å². The molecule has 8 heteroatoms. The highest BCUT2D eigenvalue weighted by Crippen LogP contribution is 2.22. The zero-order valence-corrected chi connectivity index (χ0v) is 14.5. The van der Waals surface area contributed by atoms with Crippen molar-refractivity contribution in [2.24, 2.45) is 0 Å². The molecule has 1 unspecified atom stereocenters. The van der Waals surface area contributed by atoms with Gasteiger partial charge in [-0.3, -0.25) is 4.79 Å². The molecular weight excluding hydrogens is 336 g/mol. The van der Waals surface area contributed by atoms with Gasteiger partial charge < -0.3 is 24.2 Å². The van der Waals surface area contributed by atoms with Crippen LogP contribution in [0.15, 0.2) is 28.8 Å². The first-order valence-corrected chi connectivity index (χ1v) is 8.96. The lowest BCUT2D eigenvalue weighted by atomic mass is 10.2. The van der Waals surface area contributed by atoms with Crippen LogP contribution in [0.1, 0.15) is 23.5 Å². The Hall–Kier alpha value is -2.45. The Morgan fingerprint density at radius 2 is 2.00 bits per heavy atom. The van der Waals surface area contributed by atoms with Crippen LogP contribution < -0.4 is 10.2 Å². The van der Waals surface area contributed by atoms with Crippen molar-refractivity contribution in [2.75, 3.05) is 44.4 Å². The zero-order chi connectivity index (χ0) is 17.8. The number of hydrogen-bond acceptors (Lipinski definition) is 7. The molecule has 2 aromatic rings. The summed E-state index contributed by atoms with van der Waals surface area (Å²) in [5.74, 6) is 0.000216. The molecule has 1 aromatic carbocycles. The van der Waals surface area contributed by atoms with E-state index in [4.69, 9.17) is 14.0 Å². The van der Waals surface area contributed by atoms with Crippen molar-refractivity contribution in [2.45, 2.75) is 18.9 Å². The molecule has 0 spiro atoms. The number of anilines is 1. The highest BCUT2D eigenvalue weighted by molar-refractivity contribution is 5.89. The summed E-state index contributed by atoms with van der Waals surface area (Å²) >= 11 is 0. The average molecular weight is 358 g/mol. The Labute approximate surface area is 151 Å². The molecule has 2 saturated heterocycles. The number of rotatable bonds is 5. The van der Waals surface area contributed by atoms with Crippen molar-refractivity contribution in [1.29, 1.82) is 0 Å². The Bertz CT molecular complexity index is 734. The lowest BCUT2D eigenvalue weighted by Gasteiger charge is -2.28. The smallest absolute Gasteiger partial charge is 0.316 e. The number of nitrogens with one attached hydrogen (secondary N) is 1. The van der Waals surface area contributed by atoms with E-state index >= 15 is 0 Å². The first-order chi connectivity index (χ1) is 12.8. The third-order valence-corrected chi connectivity index (χ3v) is 4.64. The van der Waals surface area contributed by atoms with Gasteiger partial charge in [0.1, 0.15) is 0 Å². The minimum Gasteiger partial charge on any atom is -0.378 e. The molecule has 1 amide bonds. The molecule has 1 N–H and O–H groups in total. The number of morpholine rings is 1. The Kier molecular flexibility index (Phi) is 5.12. The summed E-state index contributed by atoms with van der Waals surface area (Å²) in [6.45, 7) is 4.48. The third kappa shape index (κ3) is 3.86. The average Bonchev–Trinajstić information content (AvgIpc) is 3.39. The van der Waals surface area contributed by atoms with E-state index in [9.17, 15) is 4.79 Å². The summed E-state index contributed by atoms with van der Waals surface area (Å²) in [6, 6.07) is 7.91. The van der Waals surface area contributed by atoms with Gasteiger partial charge in [-0.1, -0.05) is 5.16 Å². The van der Waals surface area contributed by atoms with E-state index in [2.05, 4.69) is 20.4 Å². The molecule has 2 aliphatic heterocycles. The number of amides is 1. The van der Waals surface area contributed by atoms with Crippen LogP contribution in [0.2, 0.25) is 0 Å². The van der Waals surface area contributed by atoms with Gasteiger partial charge in [0, 0.05) is 37.5 Å². The lowest BCUT2D eigenvalue weighted by molar-refractivity contribution is 0.0822. The van der Waals surface area contributed by atoms with Gasteiger partial charge in [0.15, 0.2) is 0 Å². The van der Waals surface area contributed by atoms with E-state index in [1.165, 1.54) is 0 Å². The lowest BCUT2D eigenvalue weighted by Crippen LogP contribution is -2.36. The van der Waals surface area contributed by atoms with E-state index in [1.54, 1.807) is 0 Å². The van der Waals surface area contributed by atoms with Crippen LogP contribution in [-0.4, -0.2) is 61.6 Å². The first-order valence-electron chi connectivity index (χ1n) is 8.96. The van der Waals surface area contributed by atoms with E-state index < -0.39 is 0 Å². The second-order valence-electron chi connectivity index (χ2n) is 6.41. The van der Waals surface area contributed by atoms with Crippen LogP contribution in [0.5, 0.6) is 0 Å². The van der Waals surface area contributed by atoms with Crippen LogP contribution >= 0.6 is 0 Å². The quantitative estimate of drug-likeness (QED) is 0.866. The van der Waals surface area contributed by atoms with Gasteiger partial charge in [-0.25, -0.2) is 0 Å². The fourth-order valence-electron chi connectivity index (χ4n) is 3.16. The minimum atomic E-state index is -0.371. The Morgan fingerprint density at radius 3 is 2.73 bits per heavy atom. The van der Waals surface area contributed by atoms with E-state index in [-0.39, 0.29) is 17.9 Å². The van der Waals surface area contributed by atoms with E-state index in [0.29, 0.717) is 12.4 Å². The molecule has 0 saturated carbocycles. The van der Waals surface area contributed by atoms with Crippen molar-refractivity contribution in [1.82, 2.24) is 15.5 Å². The number of carbonyl (C=O) groups is 1. The van der Waals surface area contributed by atoms with Crippen LogP contribution in [0.25, 0.3) is 11.4 Å². The summed E-state index contributed by atoms with van der Waals surface area (Å²) in [5.41, 5.74) is 1.94. The number of ether oxygens (including phenoxy) is 2. The fraction of sp³-hybridized carbons (Fsp3) is 0.500. The number of benzene rings is 1. The SMILES string of the molecule is O=C(NCC1CCCO1)c1nc(-c2ccc(N3CCOCC3)cc2)no1. The van der Waals surface area contributed by atoms with Crippen molar-refractivity contribution in [3.05, 3.63) is 30.2 Å². The number of carbonyl (C=O) groups excluding carboxylic acids is 1. The van der Waals surface area contributed by atoms with Crippen LogP contribution in [-0.2, 0) is 9.47 Å². The number of hydrogen-bond donors (Lipinski definition) is 1. The molecule has 4 rings (SSSR count). The van der Waals surface area contributed by atoms with Gasteiger partial charge in [0.2, 0.25) is 5.82 Å². The molecule has 26 heavy (non-hydrogen) atoms. The molecule has 3 heterocycles. The predicted octanol–water partition coefficient (Wildman–Crippen LogP) is 1.48. The molecule has 0 bridgehead atoms. The van der Waals surface area contributed by atoms with Crippen LogP contribution in [0.4, 0.5) is 5.69 Å². The van der Waals surface area contributed by atoms with Crippen molar-refractivity contribution < 1.29 is 18.8 Å². The maximum Gasteiger partial charge on any atom is 0.316 e. The van der Waals surface area contributed by atoms with Gasteiger partial charge in [-0.2, -0.15) is 4.98 Å². The second kappa shape index (κ2) is 7.84. The Balaban J connectivity index is 1.38. The maximum atomic E-state index is 12.1. The summed E-state index contributed by atoms with van der Waals surface area (Å²) in [4.78, 5) is 18.6. The molecule has 1 aromatic heterocycles. The van der Waals surface area contributed by atoms with Gasteiger partial charge in [0.25, 0.3) is 0 Å². The standard InChI is InChI=1S/C18H22N4O4/c23-17(19-12-15-2-1-9-25-15)18-20-16(21-26-18)13-3-5-14(6-4-13)22-7-10-24-11-8-22/h3-6,15H,1-2,7-12H2,(H,19,23). The summed E-state index contributed by atoms with van der Waals surface area (Å²) in [7, 11) is 0. The van der Waals surface area contributed by atoms with Gasteiger partial charge >= 0.3 is 11.8 Å². The topological polar surface area (TPSA) is 89.7 Å². The maximum absolute atomic E-state index is 12.1. The van der Waals surface area contributed by atoms with Crippen molar-refractivity contribution in [3.63, 3.8) is 0 Å². The monoisotopic (exact) mass is 358 g/mol. The molecule has 0 radical (unpaired) electrons. The number of nitrogens with zero attached hydrogens (tertiary/aromatic N) is 3. The van der Waals surface area contributed by atoms with Gasteiger partial charge in [0.05, 0.1) is 19.3 Å². The highest BCUT2D eigenvalue weighted by Gasteiger charge is 2.20. The summed E-state index contributed by atoms with van der Waals surface area (Å²) < 4.78 is 16.0.